The minimum Gasteiger partial charge on any atom is -0.496 e. The van der Waals surface area contributed by atoms with E-state index in [1.165, 1.54) is 0 Å². The average Bonchev–Trinajstić information content (AvgIpc) is 2.28. The van der Waals surface area contributed by atoms with Gasteiger partial charge >= 0.3 is 0 Å². The normalized spacial score (nSPS) is 11.3. The summed E-state index contributed by atoms with van der Waals surface area (Å²) in [4.78, 5) is 12.2. The minimum atomic E-state index is -0.575. The number of hydrogen-bond donors (Lipinski definition) is 1. The molecule has 0 aliphatic heterocycles. The van der Waals surface area contributed by atoms with Gasteiger partial charge in [-0.05, 0) is 18.2 Å². The molecule has 0 aliphatic carbocycles. The predicted octanol–water partition coefficient (Wildman–Crippen LogP) is 2.63. The fourth-order valence-electron chi connectivity index (χ4n) is 1.31. The fraction of sp³-hybridized carbons (Fsp3) is 0.417. The van der Waals surface area contributed by atoms with E-state index in [2.05, 4.69) is 15.9 Å². The standard InChI is InChI=1S/C12H16BrNO2/c1-12(2,7-14)11(15)9-6-8(13)4-5-10(9)16-3/h4-6H,7,14H2,1-3H3. The Labute approximate surface area is 104 Å². The number of ether oxygens (including phenoxy) is 1. The maximum Gasteiger partial charge on any atom is 0.173 e. The van der Waals surface area contributed by atoms with Crippen LogP contribution in [0.2, 0.25) is 0 Å². The molecule has 0 aliphatic rings. The van der Waals surface area contributed by atoms with Crippen LogP contribution in [0.15, 0.2) is 22.7 Å². The predicted molar refractivity (Wildman–Crippen MR) is 67.9 cm³/mol. The number of halogens is 1. The second-order valence-electron chi connectivity index (χ2n) is 4.26. The van der Waals surface area contributed by atoms with Gasteiger partial charge in [-0.15, -0.1) is 0 Å². The summed E-state index contributed by atoms with van der Waals surface area (Å²) in [5.41, 5.74) is 5.59. The molecule has 3 nitrogen and oxygen atoms in total. The molecule has 2 N–H and O–H groups in total. The van der Waals surface area contributed by atoms with Gasteiger partial charge in [0.25, 0.3) is 0 Å². The van der Waals surface area contributed by atoms with Crippen LogP contribution in [0, 0.1) is 5.41 Å². The van der Waals surface area contributed by atoms with E-state index in [-0.39, 0.29) is 5.78 Å². The smallest absolute Gasteiger partial charge is 0.173 e. The molecule has 0 unspecified atom stereocenters. The van der Waals surface area contributed by atoms with Crippen molar-refractivity contribution in [1.29, 1.82) is 0 Å². The van der Waals surface area contributed by atoms with Gasteiger partial charge in [0.05, 0.1) is 12.7 Å². The number of ketones is 1. The van der Waals surface area contributed by atoms with Crippen molar-refractivity contribution in [2.24, 2.45) is 11.1 Å². The van der Waals surface area contributed by atoms with Gasteiger partial charge in [-0.3, -0.25) is 4.79 Å². The van der Waals surface area contributed by atoms with Crippen LogP contribution >= 0.6 is 15.9 Å². The van der Waals surface area contributed by atoms with E-state index >= 15 is 0 Å². The highest BCUT2D eigenvalue weighted by Gasteiger charge is 2.29. The minimum absolute atomic E-state index is 0.00634. The van der Waals surface area contributed by atoms with Gasteiger partial charge in [0, 0.05) is 16.4 Å². The van der Waals surface area contributed by atoms with Crippen LogP contribution in [-0.4, -0.2) is 19.4 Å². The molecule has 4 heteroatoms. The molecule has 0 amide bonds. The molecule has 1 aromatic carbocycles. The molecule has 0 bridgehead atoms. The lowest BCUT2D eigenvalue weighted by Crippen LogP contribution is -2.33. The quantitative estimate of drug-likeness (QED) is 0.866. The Kier molecular flexibility index (Phi) is 4.10. The third kappa shape index (κ3) is 2.62. The topological polar surface area (TPSA) is 52.3 Å². The lowest BCUT2D eigenvalue weighted by molar-refractivity contribution is 0.0844. The first-order valence-electron chi connectivity index (χ1n) is 5.01. The first-order chi connectivity index (χ1) is 7.42. The van der Waals surface area contributed by atoms with Gasteiger partial charge in [0.1, 0.15) is 5.75 Å². The Balaban J connectivity index is 3.21. The van der Waals surface area contributed by atoms with Crippen LogP contribution in [0.4, 0.5) is 0 Å². The second kappa shape index (κ2) is 4.97. The maximum absolute atomic E-state index is 12.2. The number of Topliss-reactive ketones (excluding diaryl/α,β-unsaturated/α-hetero) is 1. The molecule has 0 saturated carbocycles. The molecule has 0 aromatic heterocycles. The third-order valence-electron chi connectivity index (χ3n) is 2.53. The van der Waals surface area contributed by atoms with Gasteiger partial charge in [0.2, 0.25) is 0 Å². The highest BCUT2D eigenvalue weighted by atomic mass is 79.9. The Hall–Kier alpha value is -0.870. The van der Waals surface area contributed by atoms with Gasteiger partial charge < -0.3 is 10.5 Å². The Bertz CT molecular complexity index is 402. The fourth-order valence-corrected chi connectivity index (χ4v) is 1.68. The van der Waals surface area contributed by atoms with Crippen LogP contribution in [0.1, 0.15) is 24.2 Å². The molecule has 88 valence electrons. The average molecular weight is 286 g/mol. The summed E-state index contributed by atoms with van der Waals surface area (Å²) in [6.45, 7) is 3.97. The molecule has 1 aromatic rings. The summed E-state index contributed by atoms with van der Waals surface area (Å²) in [5, 5.41) is 0. The van der Waals surface area contributed by atoms with Crippen LogP contribution in [0.25, 0.3) is 0 Å². The summed E-state index contributed by atoms with van der Waals surface area (Å²) in [6.07, 6.45) is 0. The van der Waals surface area contributed by atoms with E-state index in [4.69, 9.17) is 10.5 Å². The molecule has 0 heterocycles. The SMILES string of the molecule is COc1ccc(Br)cc1C(=O)C(C)(C)CN. The zero-order valence-electron chi connectivity index (χ0n) is 9.71. The van der Waals surface area contributed by atoms with Crippen LogP contribution in [0.5, 0.6) is 5.75 Å². The largest absolute Gasteiger partial charge is 0.496 e. The van der Waals surface area contributed by atoms with Gasteiger partial charge in [-0.2, -0.15) is 0 Å². The van der Waals surface area contributed by atoms with Crippen molar-refractivity contribution in [2.45, 2.75) is 13.8 Å². The molecule has 16 heavy (non-hydrogen) atoms. The molecule has 0 atom stereocenters. The van der Waals surface area contributed by atoms with E-state index in [0.717, 1.165) is 4.47 Å². The second-order valence-corrected chi connectivity index (χ2v) is 5.18. The molecule has 0 fully saturated rings. The number of carbonyl (C=O) groups excluding carboxylic acids is 1. The summed E-state index contributed by atoms with van der Waals surface area (Å²) < 4.78 is 6.03. The van der Waals surface area contributed by atoms with Crippen molar-refractivity contribution in [1.82, 2.24) is 0 Å². The van der Waals surface area contributed by atoms with E-state index in [0.29, 0.717) is 17.9 Å². The number of nitrogens with two attached hydrogens (primary N) is 1. The number of methoxy groups -OCH3 is 1. The third-order valence-corrected chi connectivity index (χ3v) is 3.02. The number of rotatable bonds is 4. The zero-order chi connectivity index (χ0) is 12.3. The van der Waals surface area contributed by atoms with Crippen LogP contribution in [-0.2, 0) is 0 Å². The maximum atomic E-state index is 12.2. The van der Waals surface area contributed by atoms with Crippen molar-refractivity contribution >= 4 is 21.7 Å². The molecular formula is C12H16BrNO2. The van der Waals surface area contributed by atoms with Crippen molar-refractivity contribution in [3.05, 3.63) is 28.2 Å². The lowest BCUT2D eigenvalue weighted by atomic mass is 9.84. The molecular weight excluding hydrogens is 270 g/mol. The highest BCUT2D eigenvalue weighted by Crippen LogP contribution is 2.29. The highest BCUT2D eigenvalue weighted by molar-refractivity contribution is 9.10. The van der Waals surface area contributed by atoms with Gasteiger partial charge in [0.15, 0.2) is 5.78 Å². The summed E-state index contributed by atoms with van der Waals surface area (Å²) >= 11 is 3.34. The molecule has 1 rings (SSSR count). The number of hydrogen-bond acceptors (Lipinski definition) is 3. The van der Waals surface area contributed by atoms with Crippen molar-refractivity contribution in [3.63, 3.8) is 0 Å². The molecule has 0 saturated heterocycles. The van der Waals surface area contributed by atoms with E-state index in [9.17, 15) is 4.79 Å². The Morgan fingerprint density at radius 1 is 1.50 bits per heavy atom. The molecule has 0 radical (unpaired) electrons. The van der Waals surface area contributed by atoms with Crippen LogP contribution < -0.4 is 10.5 Å². The van der Waals surface area contributed by atoms with E-state index in [1.54, 1.807) is 19.2 Å². The van der Waals surface area contributed by atoms with Crippen LogP contribution in [0.3, 0.4) is 0 Å². The lowest BCUT2D eigenvalue weighted by Gasteiger charge is -2.21. The van der Waals surface area contributed by atoms with E-state index in [1.807, 2.05) is 19.9 Å². The molecule has 0 spiro atoms. The zero-order valence-corrected chi connectivity index (χ0v) is 11.3. The first kappa shape index (κ1) is 13.2. The Morgan fingerprint density at radius 3 is 2.62 bits per heavy atom. The Morgan fingerprint density at radius 2 is 2.12 bits per heavy atom. The number of carbonyl (C=O) groups is 1. The van der Waals surface area contributed by atoms with Crippen molar-refractivity contribution in [2.75, 3.05) is 13.7 Å². The van der Waals surface area contributed by atoms with E-state index < -0.39 is 5.41 Å². The van der Waals surface area contributed by atoms with Crippen molar-refractivity contribution < 1.29 is 9.53 Å². The van der Waals surface area contributed by atoms with Gasteiger partial charge in [-0.25, -0.2) is 0 Å². The number of benzene rings is 1. The summed E-state index contributed by atoms with van der Waals surface area (Å²) in [5.74, 6) is 0.572. The monoisotopic (exact) mass is 285 g/mol. The first-order valence-corrected chi connectivity index (χ1v) is 5.80. The van der Waals surface area contributed by atoms with Crippen molar-refractivity contribution in [3.8, 4) is 5.75 Å². The summed E-state index contributed by atoms with van der Waals surface area (Å²) in [6, 6.07) is 5.37. The van der Waals surface area contributed by atoms with Gasteiger partial charge in [-0.1, -0.05) is 29.8 Å². The summed E-state index contributed by atoms with van der Waals surface area (Å²) in [7, 11) is 1.55.